The first-order chi connectivity index (χ1) is 11.3. The lowest BCUT2D eigenvalue weighted by molar-refractivity contribution is -0.0721. The predicted molar refractivity (Wildman–Crippen MR) is 92.0 cm³/mol. The zero-order valence-electron chi connectivity index (χ0n) is 12.5. The second kappa shape index (κ2) is 5.75. The molecule has 0 aliphatic heterocycles. The van der Waals surface area contributed by atoms with Crippen LogP contribution in [-0.4, -0.2) is 0 Å². The molecule has 0 N–H and O–H groups in total. The van der Waals surface area contributed by atoms with E-state index in [9.17, 15) is 5.11 Å². The predicted octanol–water partition coefficient (Wildman–Crippen LogP) is 5.50. The largest absolute Gasteiger partial charge is 0.457 e. The molecule has 0 heterocycles. The fourth-order valence-electron chi connectivity index (χ4n) is 2.93. The summed E-state index contributed by atoms with van der Waals surface area (Å²) in [5, 5.41) is 16.7. The van der Waals surface area contributed by atoms with Crippen molar-refractivity contribution in [2.75, 3.05) is 0 Å². The Bertz CT molecular complexity index is 965. The van der Waals surface area contributed by atoms with Gasteiger partial charge < -0.3 is 4.74 Å². The smallest absolute Gasteiger partial charge is 0.257 e. The molecule has 1 atom stereocenters. The highest BCUT2D eigenvalue weighted by molar-refractivity contribution is 5.88. The quantitative estimate of drug-likeness (QED) is 0.459. The first-order valence-corrected chi connectivity index (χ1v) is 7.61. The van der Waals surface area contributed by atoms with E-state index in [1.165, 1.54) is 0 Å². The van der Waals surface area contributed by atoms with E-state index < -0.39 is 6.29 Å². The Hall–Kier alpha value is -2.84. The molecule has 0 aromatic heterocycles. The van der Waals surface area contributed by atoms with Crippen LogP contribution in [0.4, 0.5) is 0 Å². The van der Waals surface area contributed by atoms with Crippen molar-refractivity contribution in [3.05, 3.63) is 90.5 Å². The third-order valence-corrected chi connectivity index (χ3v) is 4.06. The van der Waals surface area contributed by atoms with Gasteiger partial charge in [0.25, 0.3) is 6.29 Å². The van der Waals surface area contributed by atoms with Crippen LogP contribution in [0.3, 0.4) is 0 Å². The minimum Gasteiger partial charge on any atom is -0.457 e. The van der Waals surface area contributed by atoms with E-state index in [4.69, 9.17) is 4.74 Å². The van der Waals surface area contributed by atoms with Crippen LogP contribution in [0.1, 0.15) is 11.9 Å². The number of hydrogen-bond acceptors (Lipinski definition) is 1. The van der Waals surface area contributed by atoms with Crippen LogP contribution in [0.5, 0.6) is 5.75 Å². The van der Waals surface area contributed by atoms with E-state index >= 15 is 0 Å². The lowest BCUT2D eigenvalue weighted by atomic mass is 10.0. The molecule has 4 rings (SSSR count). The molecule has 4 aromatic rings. The molecule has 0 saturated carbocycles. The Kier molecular flexibility index (Phi) is 3.45. The Morgan fingerprint density at radius 2 is 1.17 bits per heavy atom. The number of rotatable bonds is 3. The molecule has 0 spiro atoms. The minimum absolute atomic E-state index is 0.621. The van der Waals surface area contributed by atoms with E-state index in [1.807, 2.05) is 84.9 Å². The van der Waals surface area contributed by atoms with E-state index in [2.05, 4.69) is 0 Å². The van der Waals surface area contributed by atoms with Crippen LogP contribution in [-0.2, 0) is 5.11 Å². The van der Waals surface area contributed by atoms with Crippen LogP contribution in [0, 0.1) is 0 Å². The van der Waals surface area contributed by atoms with Crippen molar-refractivity contribution in [2.24, 2.45) is 0 Å². The molecule has 23 heavy (non-hydrogen) atoms. The van der Waals surface area contributed by atoms with Gasteiger partial charge in [0.15, 0.2) is 0 Å². The van der Waals surface area contributed by atoms with Crippen molar-refractivity contribution in [3.63, 3.8) is 0 Å². The van der Waals surface area contributed by atoms with Crippen molar-refractivity contribution >= 4 is 21.5 Å². The maximum Gasteiger partial charge on any atom is 0.257 e. The summed E-state index contributed by atoms with van der Waals surface area (Å²) in [6, 6.07) is 27.3. The highest BCUT2D eigenvalue weighted by atomic mass is 16.6. The summed E-state index contributed by atoms with van der Waals surface area (Å²) in [4.78, 5) is 0. The van der Waals surface area contributed by atoms with Crippen molar-refractivity contribution < 1.29 is 9.84 Å². The first-order valence-electron chi connectivity index (χ1n) is 7.61. The average Bonchev–Trinajstić information content (AvgIpc) is 2.61. The minimum atomic E-state index is -1.26. The molecule has 111 valence electrons. The van der Waals surface area contributed by atoms with Crippen LogP contribution in [0.25, 0.3) is 21.5 Å². The van der Waals surface area contributed by atoms with Crippen LogP contribution < -0.4 is 4.74 Å². The number of benzene rings is 4. The Morgan fingerprint density at radius 1 is 0.609 bits per heavy atom. The molecule has 0 aliphatic carbocycles. The van der Waals surface area contributed by atoms with Gasteiger partial charge in [0.05, 0.1) is 0 Å². The topological polar surface area (TPSA) is 29.1 Å². The van der Waals surface area contributed by atoms with E-state index in [1.54, 1.807) is 0 Å². The van der Waals surface area contributed by atoms with Gasteiger partial charge in [0.1, 0.15) is 5.75 Å². The molecule has 0 amide bonds. The SMILES string of the molecule is [O]C(Oc1cccc2ccccc12)c1cccc2ccccc12. The maximum absolute atomic E-state index is 12.7. The van der Waals surface area contributed by atoms with Gasteiger partial charge in [-0.2, -0.15) is 5.11 Å². The molecular formula is C21H15O2. The summed E-state index contributed by atoms with van der Waals surface area (Å²) < 4.78 is 5.77. The summed E-state index contributed by atoms with van der Waals surface area (Å²) in [7, 11) is 0. The molecule has 0 fully saturated rings. The standard InChI is InChI=1S/C21H15O2/c22-21(19-13-5-9-15-7-1-3-11-17(15)19)23-20-14-6-10-16-8-2-4-12-18(16)20/h1-14,21H. The van der Waals surface area contributed by atoms with E-state index in [0.29, 0.717) is 11.3 Å². The zero-order valence-corrected chi connectivity index (χ0v) is 12.5. The second-order valence-corrected chi connectivity index (χ2v) is 5.50. The van der Waals surface area contributed by atoms with Gasteiger partial charge in [-0.25, -0.2) is 0 Å². The fraction of sp³-hybridized carbons (Fsp3) is 0.0476. The highest BCUT2D eigenvalue weighted by Gasteiger charge is 2.15. The van der Waals surface area contributed by atoms with Gasteiger partial charge in [-0.1, -0.05) is 78.9 Å². The van der Waals surface area contributed by atoms with Crippen molar-refractivity contribution in [1.82, 2.24) is 0 Å². The van der Waals surface area contributed by atoms with Gasteiger partial charge >= 0.3 is 0 Å². The lowest BCUT2D eigenvalue weighted by Crippen LogP contribution is -2.05. The lowest BCUT2D eigenvalue weighted by Gasteiger charge is -2.15. The van der Waals surface area contributed by atoms with Gasteiger partial charge in [0, 0.05) is 10.9 Å². The Labute approximate surface area is 134 Å². The maximum atomic E-state index is 12.7. The van der Waals surface area contributed by atoms with Crippen LogP contribution in [0.2, 0.25) is 0 Å². The number of hydrogen-bond donors (Lipinski definition) is 0. The third-order valence-electron chi connectivity index (χ3n) is 4.06. The Morgan fingerprint density at radius 3 is 1.96 bits per heavy atom. The number of fused-ring (bicyclic) bond motifs is 2. The monoisotopic (exact) mass is 299 g/mol. The molecule has 0 saturated heterocycles. The average molecular weight is 299 g/mol. The molecular weight excluding hydrogens is 284 g/mol. The summed E-state index contributed by atoms with van der Waals surface area (Å²) in [5.74, 6) is 0.621. The third kappa shape index (κ3) is 2.54. The molecule has 1 radical (unpaired) electrons. The van der Waals surface area contributed by atoms with E-state index in [0.717, 1.165) is 21.5 Å². The summed E-state index contributed by atoms with van der Waals surface area (Å²) >= 11 is 0. The number of ether oxygens (including phenoxy) is 1. The molecule has 4 aromatic carbocycles. The van der Waals surface area contributed by atoms with Gasteiger partial charge in [-0.05, 0) is 22.2 Å². The molecule has 0 bridgehead atoms. The normalized spacial score (nSPS) is 12.4. The summed E-state index contributed by atoms with van der Waals surface area (Å²) in [6.45, 7) is 0. The van der Waals surface area contributed by atoms with Crippen LogP contribution >= 0.6 is 0 Å². The molecule has 2 heteroatoms. The summed E-state index contributed by atoms with van der Waals surface area (Å²) in [6.07, 6.45) is -1.26. The van der Waals surface area contributed by atoms with Gasteiger partial charge in [-0.3, -0.25) is 0 Å². The van der Waals surface area contributed by atoms with Gasteiger partial charge in [-0.15, -0.1) is 0 Å². The van der Waals surface area contributed by atoms with E-state index in [-0.39, 0.29) is 0 Å². The van der Waals surface area contributed by atoms with Crippen molar-refractivity contribution in [1.29, 1.82) is 0 Å². The molecule has 2 nitrogen and oxygen atoms in total. The highest BCUT2D eigenvalue weighted by Crippen LogP contribution is 2.31. The van der Waals surface area contributed by atoms with Gasteiger partial charge in [0.2, 0.25) is 0 Å². The Balaban J connectivity index is 1.75. The van der Waals surface area contributed by atoms with Crippen LogP contribution in [0.15, 0.2) is 84.9 Å². The first kappa shape index (κ1) is 13.8. The zero-order chi connectivity index (χ0) is 15.6. The molecule has 1 unspecified atom stereocenters. The molecule has 0 aliphatic rings. The summed E-state index contributed by atoms with van der Waals surface area (Å²) in [5.41, 5.74) is 0.663. The van der Waals surface area contributed by atoms with Crippen molar-refractivity contribution in [3.8, 4) is 5.75 Å². The van der Waals surface area contributed by atoms with Crippen molar-refractivity contribution in [2.45, 2.75) is 6.29 Å². The fourth-order valence-corrected chi connectivity index (χ4v) is 2.93. The second-order valence-electron chi connectivity index (χ2n) is 5.50.